The van der Waals surface area contributed by atoms with Gasteiger partial charge in [0.15, 0.2) is 0 Å². The van der Waals surface area contributed by atoms with Crippen LogP contribution in [0.4, 0.5) is 0 Å². The van der Waals surface area contributed by atoms with E-state index in [4.69, 9.17) is 9.47 Å². The molecular formula is C15H26N3O5+. The maximum absolute atomic E-state index is 12.6. The average molecular weight is 328 g/mol. The Hall–Kier alpha value is -1.67. The van der Waals surface area contributed by atoms with Crippen molar-refractivity contribution in [1.29, 1.82) is 0 Å². The second-order valence-electron chi connectivity index (χ2n) is 5.98. The number of carbonyl (C=O) groups is 3. The summed E-state index contributed by atoms with van der Waals surface area (Å²) >= 11 is 0. The van der Waals surface area contributed by atoms with Crippen LogP contribution in [-0.4, -0.2) is 87.2 Å². The van der Waals surface area contributed by atoms with Gasteiger partial charge in [-0.15, -0.1) is 0 Å². The molecule has 2 saturated heterocycles. The standard InChI is InChI=1S/C15H25N3O5/c1-22-10-13(19)18-8-7-17(9-12(18)15(21)23-2)14(20)11-3-5-16-6-4-11/h11-12,16H,3-10H2,1-2H3/p+1/t12-/m0/s1. The fourth-order valence-electron chi connectivity index (χ4n) is 3.26. The maximum Gasteiger partial charge on any atom is 0.330 e. The Morgan fingerprint density at radius 1 is 1.13 bits per heavy atom. The first kappa shape index (κ1) is 17.7. The Balaban J connectivity index is 2.04. The van der Waals surface area contributed by atoms with Crippen molar-refractivity contribution in [2.45, 2.75) is 18.9 Å². The maximum atomic E-state index is 12.6. The van der Waals surface area contributed by atoms with Crippen molar-refractivity contribution in [2.75, 3.05) is 53.6 Å². The number of carbonyl (C=O) groups excluding carboxylic acids is 3. The van der Waals surface area contributed by atoms with Crippen molar-refractivity contribution in [2.24, 2.45) is 5.92 Å². The van der Waals surface area contributed by atoms with Gasteiger partial charge in [0.2, 0.25) is 11.8 Å². The summed E-state index contributed by atoms with van der Waals surface area (Å²) in [5.74, 6) is -0.642. The van der Waals surface area contributed by atoms with E-state index >= 15 is 0 Å². The molecule has 23 heavy (non-hydrogen) atoms. The molecule has 2 amide bonds. The minimum atomic E-state index is -0.754. The summed E-state index contributed by atoms with van der Waals surface area (Å²) in [7, 11) is 2.73. The average Bonchev–Trinajstić information content (AvgIpc) is 2.60. The second-order valence-corrected chi connectivity index (χ2v) is 5.98. The fraction of sp³-hybridized carbons (Fsp3) is 0.800. The highest BCUT2D eigenvalue weighted by atomic mass is 16.5. The van der Waals surface area contributed by atoms with Crippen LogP contribution in [0.15, 0.2) is 0 Å². The van der Waals surface area contributed by atoms with Gasteiger partial charge in [0.1, 0.15) is 12.6 Å². The highest BCUT2D eigenvalue weighted by Crippen LogP contribution is 2.18. The molecule has 0 aliphatic carbocycles. The lowest BCUT2D eigenvalue weighted by Gasteiger charge is -2.41. The molecule has 0 aromatic rings. The van der Waals surface area contributed by atoms with Gasteiger partial charge in [-0.05, 0) is 0 Å². The third-order valence-electron chi connectivity index (χ3n) is 4.54. The number of nitrogens with two attached hydrogens (primary N) is 1. The van der Waals surface area contributed by atoms with Gasteiger partial charge in [-0.25, -0.2) is 4.79 Å². The predicted octanol–water partition coefficient (Wildman–Crippen LogP) is -2.18. The number of methoxy groups -OCH3 is 2. The number of hydrogen-bond acceptors (Lipinski definition) is 5. The fourth-order valence-corrected chi connectivity index (χ4v) is 3.26. The van der Waals surface area contributed by atoms with Gasteiger partial charge in [-0.2, -0.15) is 0 Å². The summed E-state index contributed by atoms with van der Waals surface area (Å²) in [6, 6.07) is -0.754. The Bertz CT molecular complexity index is 450. The highest BCUT2D eigenvalue weighted by Gasteiger charge is 2.39. The van der Waals surface area contributed by atoms with E-state index in [2.05, 4.69) is 5.32 Å². The third-order valence-corrected chi connectivity index (χ3v) is 4.54. The number of hydrogen-bond donors (Lipinski definition) is 1. The molecule has 8 heteroatoms. The van der Waals surface area contributed by atoms with Crippen molar-refractivity contribution < 1.29 is 29.2 Å². The van der Waals surface area contributed by atoms with Gasteiger partial charge in [0, 0.05) is 39.0 Å². The molecule has 2 aliphatic rings. The summed E-state index contributed by atoms with van der Waals surface area (Å²) in [5.41, 5.74) is 0. The number of rotatable bonds is 4. The number of nitrogens with zero attached hydrogens (tertiary/aromatic N) is 2. The summed E-state index contributed by atoms with van der Waals surface area (Å²) in [4.78, 5) is 39.9. The lowest BCUT2D eigenvalue weighted by molar-refractivity contribution is -0.664. The highest BCUT2D eigenvalue weighted by molar-refractivity contribution is 5.87. The van der Waals surface area contributed by atoms with Crippen LogP contribution in [0.5, 0.6) is 0 Å². The zero-order valence-electron chi connectivity index (χ0n) is 13.8. The molecule has 0 spiro atoms. The number of piperidine rings is 1. The Morgan fingerprint density at radius 3 is 2.43 bits per heavy atom. The number of ether oxygens (including phenoxy) is 2. The molecule has 2 rings (SSSR count). The molecule has 0 saturated carbocycles. The van der Waals surface area contributed by atoms with Crippen LogP contribution in [0.25, 0.3) is 0 Å². The van der Waals surface area contributed by atoms with Crippen LogP contribution in [0.2, 0.25) is 0 Å². The van der Waals surface area contributed by atoms with Crippen LogP contribution in [0.1, 0.15) is 12.8 Å². The topological polar surface area (TPSA) is 92.8 Å². The van der Waals surface area contributed by atoms with Crippen molar-refractivity contribution in [3.63, 3.8) is 0 Å². The first-order chi connectivity index (χ1) is 11.1. The first-order valence-electron chi connectivity index (χ1n) is 8.05. The van der Waals surface area contributed by atoms with E-state index in [1.165, 1.54) is 19.1 Å². The lowest BCUT2D eigenvalue weighted by Crippen LogP contribution is -2.86. The van der Waals surface area contributed by atoms with Crippen molar-refractivity contribution >= 4 is 17.8 Å². The molecule has 0 unspecified atom stereocenters. The molecule has 1 atom stereocenters. The summed E-state index contributed by atoms with van der Waals surface area (Å²) in [6.45, 7) is 2.81. The van der Waals surface area contributed by atoms with Crippen LogP contribution < -0.4 is 5.32 Å². The van der Waals surface area contributed by atoms with Crippen LogP contribution >= 0.6 is 0 Å². The van der Waals surface area contributed by atoms with E-state index in [1.54, 1.807) is 4.90 Å². The first-order valence-corrected chi connectivity index (χ1v) is 8.05. The summed E-state index contributed by atoms with van der Waals surface area (Å²) < 4.78 is 9.67. The number of amides is 2. The zero-order chi connectivity index (χ0) is 16.8. The lowest BCUT2D eigenvalue weighted by atomic mass is 9.96. The molecule has 8 nitrogen and oxygen atoms in total. The van der Waals surface area contributed by atoms with Crippen LogP contribution in [0, 0.1) is 5.92 Å². The van der Waals surface area contributed by atoms with Crippen LogP contribution in [-0.2, 0) is 23.9 Å². The quantitative estimate of drug-likeness (QED) is 0.592. The molecule has 130 valence electrons. The molecular weight excluding hydrogens is 302 g/mol. The van der Waals surface area contributed by atoms with Crippen molar-refractivity contribution in [3.05, 3.63) is 0 Å². The van der Waals surface area contributed by atoms with E-state index in [9.17, 15) is 14.4 Å². The van der Waals surface area contributed by atoms with Gasteiger partial charge in [0.25, 0.3) is 0 Å². The minimum absolute atomic E-state index is 0.0273. The van der Waals surface area contributed by atoms with Gasteiger partial charge >= 0.3 is 5.97 Å². The van der Waals surface area contributed by atoms with Crippen molar-refractivity contribution in [3.8, 4) is 0 Å². The Morgan fingerprint density at radius 2 is 1.83 bits per heavy atom. The molecule has 2 heterocycles. The van der Waals surface area contributed by atoms with Crippen molar-refractivity contribution in [1.82, 2.24) is 9.80 Å². The SMILES string of the molecule is COCC(=O)N1CCN(C(=O)C2CC[NH2+]CC2)C[C@H]1C(=O)OC. The third kappa shape index (κ3) is 4.20. The Labute approximate surface area is 136 Å². The number of esters is 1. The van der Waals surface area contributed by atoms with Crippen LogP contribution in [0.3, 0.4) is 0 Å². The van der Waals surface area contributed by atoms with Gasteiger partial charge < -0.3 is 24.6 Å². The monoisotopic (exact) mass is 328 g/mol. The molecule has 2 N–H and O–H groups in total. The van der Waals surface area contributed by atoms with E-state index < -0.39 is 12.0 Å². The van der Waals surface area contributed by atoms with E-state index in [0.717, 1.165) is 25.9 Å². The largest absolute Gasteiger partial charge is 0.467 e. The van der Waals surface area contributed by atoms with Gasteiger partial charge in [-0.1, -0.05) is 0 Å². The molecule has 0 aromatic heterocycles. The molecule has 0 bridgehead atoms. The van der Waals surface area contributed by atoms with E-state index in [-0.39, 0.29) is 30.9 Å². The smallest absolute Gasteiger partial charge is 0.330 e. The molecule has 2 aliphatic heterocycles. The summed E-state index contributed by atoms with van der Waals surface area (Å²) in [6.07, 6.45) is 1.73. The number of quaternary nitrogens is 1. The van der Waals surface area contributed by atoms with Gasteiger partial charge in [0.05, 0.1) is 26.7 Å². The zero-order valence-corrected chi connectivity index (χ0v) is 13.8. The normalized spacial score (nSPS) is 22.8. The number of piperazine rings is 1. The van der Waals surface area contributed by atoms with E-state index in [1.807, 2.05) is 0 Å². The van der Waals surface area contributed by atoms with Gasteiger partial charge in [-0.3, -0.25) is 9.59 Å². The van der Waals surface area contributed by atoms with E-state index in [0.29, 0.717) is 13.1 Å². The molecule has 0 aromatic carbocycles. The second kappa shape index (κ2) is 8.26. The molecule has 0 radical (unpaired) electrons. The Kier molecular flexibility index (Phi) is 6.35. The molecule has 2 fully saturated rings. The predicted molar refractivity (Wildman–Crippen MR) is 80.4 cm³/mol. The summed E-state index contributed by atoms with van der Waals surface area (Å²) in [5, 5.41) is 2.21. The minimum Gasteiger partial charge on any atom is -0.467 e.